The Labute approximate surface area is 716 Å². The van der Waals surface area contributed by atoms with Crippen LogP contribution in [0.1, 0.15) is 144 Å². The molecule has 720 valence electrons. The summed E-state index contributed by atoms with van der Waals surface area (Å²) in [5.74, 6) is -1.54. The summed E-state index contributed by atoms with van der Waals surface area (Å²) in [5, 5.41) is 98.8. The summed E-state index contributed by atoms with van der Waals surface area (Å²) >= 11 is 0. The minimum atomic E-state index is -5.31. The summed E-state index contributed by atoms with van der Waals surface area (Å²) in [4.78, 5) is 102. The van der Waals surface area contributed by atoms with Crippen molar-refractivity contribution in [3.05, 3.63) is 12.7 Å². The van der Waals surface area contributed by atoms with Gasteiger partial charge in [0.05, 0.1) is 110 Å². The highest BCUT2D eigenvalue weighted by atomic mass is 31.2. The van der Waals surface area contributed by atoms with Crippen LogP contribution in [0.4, 0.5) is 5.82 Å². The van der Waals surface area contributed by atoms with Gasteiger partial charge in [-0.05, 0) is 71.6 Å². The third kappa shape index (κ3) is 38.8. The molecule has 0 spiro atoms. The van der Waals surface area contributed by atoms with Gasteiger partial charge in [-0.2, -0.15) is 0 Å². The number of nitrogens with one attached hydrogen (secondary N) is 3. The number of imidazole rings is 1. The number of rotatable bonds is 65. The number of aromatic nitrogens is 4. The molecule has 2 aromatic rings. The van der Waals surface area contributed by atoms with Crippen LogP contribution in [0.5, 0.6) is 0 Å². The van der Waals surface area contributed by atoms with Gasteiger partial charge in [0.1, 0.15) is 103 Å². The second-order valence-electron chi connectivity index (χ2n) is 30.0. The van der Waals surface area contributed by atoms with E-state index >= 15 is 0 Å². The number of phosphoric ester groups is 5. The van der Waals surface area contributed by atoms with Crippen molar-refractivity contribution in [3.63, 3.8) is 0 Å². The van der Waals surface area contributed by atoms with Gasteiger partial charge in [0.25, 0.3) is 0 Å². The third-order valence-electron chi connectivity index (χ3n) is 19.2. The number of amides is 3. The molecule has 6 heterocycles. The number of nitrogens with zero attached hydrogens (tertiary/aromatic N) is 4. The highest BCUT2D eigenvalue weighted by Crippen LogP contribution is 2.52. The molecule has 2 aromatic heterocycles. The van der Waals surface area contributed by atoms with Crippen molar-refractivity contribution in [1.29, 1.82) is 0 Å². The lowest BCUT2D eigenvalue weighted by Gasteiger charge is -2.42. The first kappa shape index (κ1) is 109. The first-order valence-corrected chi connectivity index (χ1v) is 48.2. The maximum Gasteiger partial charge on any atom is 0.472 e. The van der Waals surface area contributed by atoms with E-state index < -0.39 is 251 Å². The zero-order valence-electron chi connectivity index (χ0n) is 69.9. The Morgan fingerprint density at radius 3 is 1.15 bits per heavy atom. The van der Waals surface area contributed by atoms with Crippen molar-refractivity contribution >= 4 is 73.8 Å². The van der Waals surface area contributed by atoms with Gasteiger partial charge < -0.3 is 139 Å². The van der Waals surface area contributed by atoms with Crippen molar-refractivity contribution < 1.29 is 200 Å². The van der Waals surface area contributed by atoms with Crippen LogP contribution in [0.15, 0.2) is 12.7 Å². The van der Waals surface area contributed by atoms with E-state index in [4.69, 9.17) is 98.3 Å². The average Bonchev–Trinajstić information content (AvgIpc) is 1.57. The number of nitrogen functional groups attached to an aromatic ring is 1. The fourth-order valence-electron chi connectivity index (χ4n) is 13.0. The first-order valence-electron chi connectivity index (χ1n) is 40.8. The van der Waals surface area contributed by atoms with E-state index in [0.29, 0.717) is 77.0 Å². The van der Waals surface area contributed by atoms with E-state index in [0.717, 1.165) is 0 Å². The number of fused-ring (bicyclic) bond motifs is 1. The summed E-state index contributed by atoms with van der Waals surface area (Å²) in [7, 11) is -24.2. The molecule has 0 aliphatic carbocycles. The average molecular weight is 1900 g/mol. The fourth-order valence-corrected chi connectivity index (χ4v) is 17.4. The minimum Gasteiger partial charge on any atom is -0.394 e. The lowest BCUT2D eigenvalue weighted by atomic mass is 9.92. The molecule has 55 heteroatoms. The summed E-state index contributed by atoms with van der Waals surface area (Å²) < 4.78 is 179. The van der Waals surface area contributed by atoms with Crippen LogP contribution in [0.25, 0.3) is 11.2 Å². The van der Waals surface area contributed by atoms with Crippen molar-refractivity contribution in [2.24, 2.45) is 5.41 Å². The van der Waals surface area contributed by atoms with Gasteiger partial charge in [0.15, 0.2) is 30.3 Å². The maximum atomic E-state index is 14.2. The molecule has 124 heavy (non-hydrogen) atoms. The smallest absolute Gasteiger partial charge is 0.394 e. The van der Waals surface area contributed by atoms with E-state index in [1.807, 2.05) is 0 Å². The standard InChI is InChI=1S/C69H127N8O42P5/c1-44(2)118-124(98,99)119-48-33-53(77-43-73-57-64(70)71-42-72-65(57)77)114-52(48)37-112-123(96,97)113-41-69(38-100-21-18-30-109-120(90,91)106-27-15-9-6-12-24-103-66-54(74-45(3)81)61(87)58(84)49(34-78)115-66,39-101-22-19-31-110-121(92,93)107-28-16-10-7-13-25-104-67-55(75-46(4)82)62(88)59(85)50(35-79)116-67)40-102-23-20-32-111-122(94,95)108-29-17-11-8-14-26-105-68-56(76-47(5)83)63(89)60(86)51(36-80)117-68/h42-44,48-56,58-63,66-68,78-80,84-89H,6-41H2,1-5H3,(H,74,81)(H,75,82)(H,76,83)(H,90,91)(H,92,93)(H,94,95)(H,96,97)(H,98,99)(H2,70,71,72)/t48-,49?,50?,51?,52+,53+,54?,55?,56?,58?,59?,60?,61?,62?,63?,66?,67?,68?,69?/m0/s1. The number of hydrogen-bond donors (Lipinski definition) is 18. The van der Waals surface area contributed by atoms with Crippen LogP contribution in [-0.4, -0.2) is 350 Å². The highest BCUT2D eigenvalue weighted by Gasteiger charge is 2.50. The second-order valence-corrected chi connectivity index (χ2v) is 37.2. The third-order valence-corrected chi connectivity index (χ3v) is 24.4. The van der Waals surface area contributed by atoms with Crippen molar-refractivity contribution in [1.82, 2.24) is 35.5 Å². The topological polar surface area (TPSA) is 710 Å². The monoisotopic (exact) mass is 1890 g/mol. The predicted molar refractivity (Wildman–Crippen MR) is 424 cm³/mol. The molecule has 0 bridgehead atoms. The molecule has 4 fully saturated rings. The van der Waals surface area contributed by atoms with Crippen LogP contribution < -0.4 is 21.7 Å². The molecule has 4 saturated heterocycles. The number of anilines is 1. The number of phosphoric acid groups is 5. The first-order chi connectivity index (χ1) is 58.7. The van der Waals surface area contributed by atoms with Gasteiger partial charge in [0.2, 0.25) is 17.7 Å². The van der Waals surface area contributed by atoms with E-state index in [1.165, 1.54) is 51.8 Å². The molecular formula is C69H127N8O42P5. The zero-order valence-corrected chi connectivity index (χ0v) is 74.3. The molecule has 0 aromatic carbocycles. The zero-order chi connectivity index (χ0) is 91.3. The number of aliphatic hydroxyl groups excluding tert-OH is 9. The van der Waals surface area contributed by atoms with Gasteiger partial charge in [-0.25, -0.2) is 37.8 Å². The SMILES string of the molecule is CC(=O)NC1C(OCCCCCCOP(=O)(O)OCCCOCC(COCCCOP(=O)(O)OCCCCCCOC2OC(CO)C(O)C(O)C2NC(C)=O)(COCCCOP(=O)(O)OCCCCCCOC2OC(CO)C(O)C(O)C2NC(C)=O)COP(=O)(O)OC[C@H]2O[C@@H](n3cnc4c(N)ncnc43)C[C@@H]2OP(=O)(O)OC(C)C)OC(CO)C(O)C1O. The number of aliphatic hydroxyl groups is 9. The van der Waals surface area contributed by atoms with Gasteiger partial charge >= 0.3 is 39.1 Å². The lowest BCUT2D eigenvalue weighted by molar-refractivity contribution is -0.270. The Balaban J connectivity index is 1.07. The Hall–Kier alpha value is -3.45. The van der Waals surface area contributed by atoms with Crippen molar-refractivity contribution in [3.8, 4) is 0 Å². The molecule has 6 rings (SSSR count). The number of ether oxygens (including phenoxy) is 10. The number of nitrogens with two attached hydrogens (primary N) is 1. The maximum absolute atomic E-state index is 14.2. The Morgan fingerprint density at radius 2 is 0.798 bits per heavy atom. The van der Waals surface area contributed by atoms with Gasteiger partial charge in [-0.3, -0.25) is 64.2 Å². The molecule has 0 radical (unpaired) electrons. The summed E-state index contributed by atoms with van der Waals surface area (Å²) in [6, 6.07) is -3.39. The van der Waals surface area contributed by atoms with Gasteiger partial charge in [-0.1, -0.05) is 38.5 Å². The number of carbonyl (C=O) groups excluding carboxylic acids is 3. The summed E-state index contributed by atoms with van der Waals surface area (Å²) in [6.45, 7) is -0.811. The Kier molecular flexibility index (Phi) is 48.6. The Bertz CT molecular complexity index is 3450. The number of unbranched alkanes of at least 4 members (excludes halogenated alkanes) is 9. The molecule has 50 nitrogen and oxygen atoms in total. The van der Waals surface area contributed by atoms with Crippen LogP contribution in [0.2, 0.25) is 0 Å². The fraction of sp³-hybridized carbons (Fsp3) is 0.884. The molecule has 20 unspecified atom stereocenters. The minimum absolute atomic E-state index is 0.0221. The number of carbonyl (C=O) groups is 3. The van der Waals surface area contributed by atoms with E-state index in [2.05, 4.69) is 30.9 Å². The molecule has 4 aliphatic heterocycles. The van der Waals surface area contributed by atoms with Crippen molar-refractivity contribution in [2.75, 3.05) is 138 Å². The molecular weight excluding hydrogens is 1770 g/mol. The van der Waals surface area contributed by atoms with Crippen molar-refractivity contribution in [2.45, 2.75) is 254 Å². The molecule has 19 N–H and O–H groups in total. The molecule has 4 aliphatic rings. The predicted octanol–water partition coefficient (Wildman–Crippen LogP) is -0.0904. The molecule has 3 amide bonds. The normalized spacial score (nSPS) is 28.6. The lowest BCUT2D eigenvalue weighted by Crippen LogP contribution is -2.64. The van der Waals surface area contributed by atoms with Crippen LogP contribution in [-0.2, 0) is 130 Å². The Morgan fingerprint density at radius 1 is 0.452 bits per heavy atom. The summed E-state index contributed by atoms with van der Waals surface area (Å²) in [5.41, 5.74) is 4.74. The van der Waals surface area contributed by atoms with Crippen LogP contribution in [0.3, 0.4) is 0 Å². The van der Waals surface area contributed by atoms with Crippen LogP contribution >= 0.6 is 39.1 Å². The largest absolute Gasteiger partial charge is 0.472 e. The second kappa shape index (κ2) is 55.1. The van der Waals surface area contributed by atoms with Crippen LogP contribution in [0, 0.1) is 5.41 Å². The van der Waals surface area contributed by atoms with E-state index in [-0.39, 0.29) is 102 Å². The number of hydrogen-bond acceptors (Lipinski definition) is 41. The van der Waals surface area contributed by atoms with E-state index in [9.17, 15) is 108 Å². The molecule has 23 atom stereocenters. The highest BCUT2D eigenvalue weighted by molar-refractivity contribution is 7.48. The van der Waals surface area contributed by atoms with Gasteiger partial charge in [0, 0.05) is 66.8 Å². The summed E-state index contributed by atoms with van der Waals surface area (Å²) in [6.07, 6.45) is -13.5. The van der Waals surface area contributed by atoms with Gasteiger partial charge in [-0.15, -0.1) is 0 Å². The molecule has 0 saturated carbocycles. The van der Waals surface area contributed by atoms with E-state index in [1.54, 1.807) is 0 Å². The quantitative estimate of drug-likeness (QED) is 0.0304.